The second-order valence-corrected chi connectivity index (χ2v) is 4.85. The lowest BCUT2D eigenvalue weighted by atomic mass is 10.1. The summed E-state index contributed by atoms with van der Waals surface area (Å²) >= 11 is 0. The summed E-state index contributed by atoms with van der Waals surface area (Å²) in [6, 6.07) is 10.5. The molecule has 0 fully saturated rings. The van der Waals surface area contributed by atoms with Crippen LogP contribution in [-0.2, 0) is 6.42 Å². The number of nitrogens with zero attached hydrogens (tertiary/aromatic N) is 1. The first-order valence-electron chi connectivity index (χ1n) is 6.46. The van der Waals surface area contributed by atoms with Crippen LogP contribution in [-0.4, -0.2) is 18.9 Å². The van der Waals surface area contributed by atoms with Crippen molar-refractivity contribution in [3.63, 3.8) is 0 Å². The SMILES string of the molecule is O=C(CN1CCc2ccc(F)cc21)c1ccccc1F. The zero-order valence-electron chi connectivity index (χ0n) is 10.8. The molecule has 0 saturated heterocycles. The van der Waals surface area contributed by atoms with Crippen LogP contribution in [0, 0.1) is 11.6 Å². The van der Waals surface area contributed by atoms with E-state index in [9.17, 15) is 13.6 Å². The largest absolute Gasteiger partial charge is 0.363 e. The molecular formula is C16H13F2NO. The molecule has 20 heavy (non-hydrogen) atoms. The number of rotatable bonds is 3. The van der Waals surface area contributed by atoms with E-state index in [0.29, 0.717) is 6.54 Å². The smallest absolute Gasteiger partial charge is 0.185 e. The van der Waals surface area contributed by atoms with E-state index in [0.717, 1.165) is 17.7 Å². The molecule has 0 atom stereocenters. The molecule has 2 aromatic rings. The summed E-state index contributed by atoms with van der Waals surface area (Å²) in [5.41, 5.74) is 1.83. The molecule has 1 heterocycles. The topological polar surface area (TPSA) is 20.3 Å². The number of carbonyl (C=O) groups excluding carboxylic acids is 1. The summed E-state index contributed by atoms with van der Waals surface area (Å²) in [5.74, 6) is -1.13. The molecule has 2 aromatic carbocycles. The highest BCUT2D eigenvalue weighted by molar-refractivity contribution is 5.99. The van der Waals surface area contributed by atoms with Crippen LogP contribution in [0.5, 0.6) is 0 Å². The van der Waals surface area contributed by atoms with Crippen LogP contribution >= 0.6 is 0 Å². The van der Waals surface area contributed by atoms with Crippen molar-refractivity contribution in [3.8, 4) is 0 Å². The summed E-state index contributed by atoms with van der Waals surface area (Å²) < 4.78 is 26.9. The predicted octanol–water partition coefficient (Wildman–Crippen LogP) is 3.21. The maximum absolute atomic E-state index is 13.6. The second-order valence-electron chi connectivity index (χ2n) is 4.85. The highest BCUT2D eigenvalue weighted by atomic mass is 19.1. The summed E-state index contributed by atoms with van der Waals surface area (Å²) in [6.45, 7) is 0.719. The summed E-state index contributed by atoms with van der Waals surface area (Å²) in [5, 5.41) is 0. The lowest BCUT2D eigenvalue weighted by Gasteiger charge is -2.18. The fourth-order valence-electron chi connectivity index (χ4n) is 2.53. The lowest BCUT2D eigenvalue weighted by molar-refractivity contribution is 0.0995. The standard InChI is InChI=1S/C16H13F2NO/c17-12-6-5-11-7-8-19(15(11)9-12)10-16(20)13-3-1-2-4-14(13)18/h1-6,9H,7-8,10H2. The van der Waals surface area contributed by atoms with Gasteiger partial charge in [-0.25, -0.2) is 8.78 Å². The number of Topliss-reactive ketones (excluding diaryl/α,β-unsaturated/α-hetero) is 1. The molecule has 0 bridgehead atoms. The Morgan fingerprint density at radius 2 is 1.95 bits per heavy atom. The molecule has 0 radical (unpaired) electrons. The molecule has 3 rings (SSSR count). The van der Waals surface area contributed by atoms with Gasteiger partial charge in [0.2, 0.25) is 0 Å². The van der Waals surface area contributed by atoms with Gasteiger partial charge in [-0.15, -0.1) is 0 Å². The van der Waals surface area contributed by atoms with Crippen molar-refractivity contribution in [1.29, 1.82) is 0 Å². The van der Waals surface area contributed by atoms with Gasteiger partial charge in [-0.1, -0.05) is 18.2 Å². The molecule has 1 aliphatic heterocycles. The third kappa shape index (κ3) is 2.29. The molecule has 0 unspecified atom stereocenters. The van der Waals surface area contributed by atoms with Gasteiger partial charge in [0.25, 0.3) is 0 Å². The zero-order valence-corrected chi connectivity index (χ0v) is 10.8. The Morgan fingerprint density at radius 3 is 2.75 bits per heavy atom. The number of benzene rings is 2. The fraction of sp³-hybridized carbons (Fsp3) is 0.188. The van der Waals surface area contributed by atoms with Crippen molar-refractivity contribution in [2.24, 2.45) is 0 Å². The monoisotopic (exact) mass is 273 g/mol. The van der Waals surface area contributed by atoms with E-state index in [4.69, 9.17) is 0 Å². The minimum absolute atomic E-state index is 0.0669. The molecule has 102 valence electrons. The van der Waals surface area contributed by atoms with Gasteiger partial charge in [0, 0.05) is 12.2 Å². The van der Waals surface area contributed by atoms with Gasteiger partial charge >= 0.3 is 0 Å². The normalized spacial score (nSPS) is 13.4. The zero-order chi connectivity index (χ0) is 14.1. The van der Waals surface area contributed by atoms with E-state index in [2.05, 4.69) is 0 Å². The van der Waals surface area contributed by atoms with Crippen LogP contribution in [0.1, 0.15) is 15.9 Å². The Hall–Kier alpha value is -2.23. The minimum Gasteiger partial charge on any atom is -0.363 e. The van der Waals surface area contributed by atoms with E-state index in [1.54, 1.807) is 23.1 Å². The first kappa shape index (κ1) is 12.8. The van der Waals surface area contributed by atoms with Crippen LogP contribution in [0.3, 0.4) is 0 Å². The van der Waals surface area contributed by atoms with Crippen LogP contribution in [0.4, 0.5) is 14.5 Å². The number of ketones is 1. The summed E-state index contributed by atoms with van der Waals surface area (Å²) in [7, 11) is 0. The van der Waals surface area contributed by atoms with E-state index in [-0.39, 0.29) is 23.7 Å². The van der Waals surface area contributed by atoms with Gasteiger partial charge in [0.15, 0.2) is 5.78 Å². The molecule has 2 nitrogen and oxygen atoms in total. The van der Waals surface area contributed by atoms with Crippen LogP contribution < -0.4 is 4.90 Å². The Balaban J connectivity index is 1.82. The maximum Gasteiger partial charge on any atom is 0.185 e. The van der Waals surface area contributed by atoms with Crippen molar-refractivity contribution in [1.82, 2.24) is 0 Å². The van der Waals surface area contributed by atoms with Crippen LogP contribution in [0.25, 0.3) is 0 Å². The quantitative estimate of drug-likeness (QED) is 0.800. The van der Waals surface area contributed by atoms with Gasteiger partial charge in [0.05, 0.1) is 12.1 Å². The average Bonchev–Trinajstić information content (AvgIpc) is 2.82. The number of carbonyl (C=O) groups is 1. The Kier molecular flexibility index (Phi) is 3.22. The Morgan fingerprint density at radius 1 is 1.15 bits per heavy atom. The van der Waals surface area contributed by atoms with E-state index >= 15 is 0 Å². The number of anilines is 1. The Bertz CT molecular complexity index is 669. The van der Waals surface area contributed by atoms with E-state index < -0.39 is 5.82 Å². The fourth-order valence-corrected chi connectivity index (χ4v) is 2.53. The first-order chi connectivity index (χ1) is 9.65. The van der Waals surface area contributed by atoms with Crippen LogP contribution in [0.15, 0.2) is 42.5 Å². The number of hydrogen-bond donors (Lipinski definition) is 0. The average molecular weight is 273 g/mol. The third-order valence-corrected chi connectivity index (χ3v) is 3.55. The van der Waals surface area contributed by atoms with Gasteiger partial charge < -0.3 is 4.90 Å². The number of hydrogen-bond acceptors (Lipinski definition) is 2. The van der Waals surface area contributed by atoms with E-state index in [1.807, 2.05) is 0 Å². The summed E-state index contributed by atoms with van der Waals surface area (Å²) in [4.78, 5) is 13.9. The molecule has 0 amide bonds. The molecule has 0 N–H and O–H groups in total. The van der Waals surface area contributed by atoms with Crippen molar-refractivity contribution in [2.45, 2.75) is 6.42 Å². The van der Waals surface area contributed by atoms with Crippen molar-refractivity contribution in [3.05, 3.63) is 65.2 Å². The Labute approximate surface area is 115 Å². The molecular weight excluding hydrogens is 260 g/mol. The highest BCUT2D eigenvalue weighted by Crippen LogP contribution is 2.28. The molecule has 0 spiro atoms. The van der Waals surface area contributed by atoms with Gasteiger partial charge in [-0.05, 0) is 36.2 Å². The lowest BCUT2D eigenvalue weighted by Crippen LogP contribution is -2.28. The van der Waals surface area contributed by atoms with Crippen LogP contribution in [0.2, 0.25) is 0 Å². The molecule has 1 aliphatic rings. The molecule has 4 heteroatoms. The molecule has 0 aliphatic carbocycles. The first-order valence-corrected chi connectivity index (χ1v) is 6.46. The van der Waals surface area contributed by atoms with Crippen molar-refractivity contribution >= 4 is 11.5 Å². The molecule has 0 saturated carbocycles. The second kappa shape index (κ2) is 5.04. The number of halogens is 2. The summed E-state index contributed by atoms with van der Waals surface area (Å²) in [6.07, 6.45) is 0.778. The predicted molar refractivity (Wildman–Crippen MR) is 73.0 cm³/mol. The van der Waals surface area contributed by atoms with Gasteiger partial charge in [-0.2, -0.15) is 0 Å². The third-order valence-electron chi connectivity index (χ3n) is 3.55. The van der Waals surface area contributed by atoms with Crippen molar-refractivity contribution < 1.29 is 13.6 Å². The van der Waals surface area contributed by atoms with E-state index in [1.165, 1.54) is 24.3 Å². The minimum atomic E-state index is -0.517. The highest BCUT2D eigenvalue weighted by Gasteiger charge is 2.23. The van der Waals surface area contributed by atoms with Gasteiger partial charge in [-0.3, -0.25) is 4.79 Å². The molecule has 0 aromatic heterocycles. The van der Waals surface area contributed by atoms with Gasteiger partial charge in [0.1, 0.15) is 11.6 Å². The number of fused-ring (bicyclic) bond motifs is 1. The van der Waals surface area contributed by atoms with Crippen molar-refractivity contribution in [2.75, 3.05) is 18.0 Å². The maximum atomic E-state index is 13.6.